The van der Waals surface area contributed by atoms with Crippen molar-refractivity contribution in [1.29, 1.82) is 0 Å². The summed E-state index contributed by atoms with van der Waals surface area (Å²) in [6, 6.07) is 0. The molecule has 0 aromatic rings. The number of fused-ring (bicyclic) bond motifs is 3. The molecule has 5 aliphatic carbocycles. The first-order valence-corrected chi connectivity index (χ1v) is 13.0. The maximum absolute atomic E-state index is 2.91. The molecule has 0 heteroatoms. The van der Waals surface area contributed by atoms with Crippen molar-refractivity contribution < 1.29 is 0 Å². The van der Waals surface area contributed by atoms with Crippen LogP contribution in [0.5, 0.6) is 0 Å². The van der Waals surface area contributed by atoms with Crippen LogP contribution in [0.4, 0.5) is 0 Å². The Labute approximate surface area is 177 Å². The summed E-state index contributed by atoms with van der Waals surface area (Å²) < 4.78 is 0. The SMILES string of the molecule is CC.CCCC1CCC23C=C(C(C)C)C1CC2C1(C)CCCC(C)(C)C1CC3. The normalized spacial score (nSPS) is 44.0. The molecule has 2 bridgehead atoms. The fourth-order valence-electron chi connectivity index (χ4n) is 8.86. The zero-order valence-electron chi connectivity index (χ0n) is 20.5. The minimum absolute atomic E-state index is 0.553. The van der Waals surface area contributed by atoms with E-state index >= 15 is 0 Å². The predicted molar refractivity (Wildman–Crippen MR) is 124 cm³/mol. The van der Waals surface area contributed by atoms with Crippen LogP contribution in [0.25, 0.3) is 0 Å². The van der Waals surface area contributed by atoms with E-state index in [0.29, 0.717) is 16.2 Å². The second kappa shape index (κ2) is 8.11. The van der Waals surface area contributed by atoms with E-state index in [1.165, 1.54) is 64.2 Å². The lowest BCUT2D eigenvalue weighted by molar-refractivity contribution is -0.127. The average molecular weight is 387 g/mol. The molecule has 6 atom stereocenters. The molecule has 5 rings (SSSR count). The van der Waals surface area contributed by atoms with Crippen LogP contribution in [0.2, 0.25) is 0 Å². The predicted octanol–water partition coefficient (Wildman–Crippen LogP) is 9.05. The quantitative estimate of drug-likeness (QED) is 0.424. The van der Waals surface area contributed by atoms with Crippen molar-refractivity contribution in [2.24, 2.45) is 45.8 Å². The Bertz CT molecular complexity index is 567. The van der Waals surface area contributed by atoms with E-state index in [0.717, 1.165) is 29.6 Å². The Balaban J connectivity index is 0.00000109. The van der Waals surface area contributed by atoms with Crippen LogP contribution in [0.15, 0.2) is 11.6 Å². The minimum Gasteiger partial charge on any atom is -0.0783 e. The third-order valence-corrected chi connectivity index (χ3v) is 9.91. The van der Waals surface area contributed by atoms with Gasteiger partial charge in [-0.05, 0) is 90.8 Å². The van der Waals surface area contributed by atoms with Crippen molar-refractivity contribution in [2.75, 3.05) is 0 Å². The van der Waals surface area contributed by atoms with E-state index in [1.54, 1.807) is 0 Å². The van der Waals surface area contributed by atoms with Gasteiger partial charge in [-0.1, -0.05) is 86.3 Å². The van der Waals surface area contributed by atoms with Crippen molar-refractivity contribution in [3.63, 3.8) is 0 Å². The zero-order valence-corrected chi connectivity index (χ0v) is 20.5. The van der Waals surface area contributed by atoms with Crippen LogP contribution in [0.1, 0.15) is 120 Å². The van der Waals surface area contributed by atoms with Gasteiger partial charge in [0.1, 0.15) is 0 Å². The van der Waals surface area contributed by atoms with Gasteiger partial charge in [0.2, 0.25) is 0 Å². The molecular formula is C28H50. The molecule has 3 saturated carbocycles. The number of hydrogen-bond acceptors (Lipinski definition) is 0. The fourth-order valence-corrected chi connectivity index (χ4v) is 8.86. The van der Waals surface area contributed by atoms with Gasteiger partial charge in [0.15, 0.2) is 0 Å². The topological polar surface area (TPSA) is 0 Å². The van der Waals surface area contributed by atoms with Crippen LogP contribution in [-0.2, 0) is 0 Å². The molecular weight excluding hydrogens is 336 g/mol. The minimum atomic E-state index is 0.553. The van der Waals surface area contributed by atoms with Crippen LogP contribution in [0.3, 0.4) is 0 Å². The van der Waals surface area contributed by atoms with Gasteiger partial charge in [0, 0.05) is 0 Å². The first-order valence-electron chi connectivity index (χ1n) is 13.0. The van der Waals surface area contributed by atoms with E-state index in [1.807, 2.05) is 19.4 Å². The van der Waals surface area contributed by atoms with E-state index in [-0.39, 0.29) is 0 Å². The van der Waals surface area contributed by atoms with Crippen LogP contribution < -0.4 is 0 Å². The molecule has 0 aromatic heterocycles. The molecule has 0 N–H and O–H groups in total. The van der Waals surface area contributed by atoms with Crippen molar-refractivity contribution in [1.82, 2.24) is 0 Å². The lowest BCUT2D eigenvalue weighted by Crippen LogP contribution is -2.56. The second-order valence-corrected chi connectivity index (χ2v) is 12.0. The number of hydrogen-bond donors (Lipinski definition) is 0. The average Bonchev–Trinajstić information content (AvgIpc) is 2.90. The van der Waals surface area contributed by atoms with Gasteiger partial charge in [0.05, 0.1) is 0 Å². The van der Waals surface area contributed by atoms with Crippen molar-refractivity contribution in [3.8, 4) is 0 Å². The van der Waals surface area contributed by atoms with E-state index in [2.05, 4.69) is 47.6 Å². The van der Waals surface area contributed by atoms with Crippen molar-refractivity contribution >= 4 is 0 Å². The van der Waals surface area contributed by atoms with Gasteiger partial charge < -0.3 is 0 Å². The van der Waals surface area contributed by atoms with Gasteiger partial charge in [-0.2, -0.15) is 0 Å². The van der Waals surface area contributed by atoms with Crippen LogP contribution >= 0.6 is 0 Å². The molecule has 1 spiro atoms. The molecule has 162 valence electrons. The van der Waals surface area contributed by atoms with Crippen LogP contribution in [-0.4, -0.2) is 0 Å². The highest BCUT2D eigenvalue weighted by Crippen LogP contribution is 2.70. The molecule has 0 nitrogen and oxygen atoms in total. The first kappa shape index (κ1) is 22.4. The van der Waals surface area contributed by atoms with Gasteiger partial charge in [-0.25, -0.2) is 0 Å². The summed E-state index contributed by atoms with van der Waals surface area (Å²) in [4.78, 5) is 0. The molecule has 5 aliphatic rings. The highest BCUT2D eigenvalue weighted by Gasteiger charge is 2.61. The van der Waals surface area contributed by atoms with Gasteiger partial charge in [0.25, 0.3) is 0 Å². The van der Waals surface area contributed by atoms with Crippen molar-refractivity contribution in [2.45, 2.75) is 120 Å². The summed E-state index contributed by atoms with van der Waals surface area (Å²) in [5, 5.41) is 0. The molecule has 0 heterocycles. The highest BCUT2D eigenvalue weighted by atomic mass is 14.7. The Kier molecular flexibility index (Phi) is 6.50. The molecule has 28 heavy (non-hydrogen) atoms. The molecule has 0 aliphatic heterocycles. The summed E-state index contributed by atoms with van der Waals surface area (Å²) in [5.41, 5.74) is 3.58. The molecule has 0 aromatic carbocycles. The van der Waals surface area contributed by atoms with E-state index in [4.69, 9.17) is 0 Å². The number of allylic oxidation sites excluding steroid dienone is 2. The first-order chi connectivity index (χ1) is 13.2. The lowest BCUT2D eigenvalue weighted by Gasteiger charge is -2.64. The van der Waals surface area contributed by atoms with Gasteiger partial charge >= 0.3 is 0 Å². The molecule has 0 radical (unpaired) electrons. The van der Waals surface area contributed by atoms with Crippen molar-refractivity contribution in [3.05, 3.63) is 11.6 Å². The third-order valence-electron chi connectivity index (χ3n) is 9.91. The largest absolute Gasteiger partial charge is 0.0783 e. The fraction of sp³-hybridized carbons (Fsp3) is 0.929. The molecule has 0 amide bonds. The molecule has 0 saturated heterocycles. The zero-order chi connectivity index (χ0) is 20.7. The Morgan fingerprint density at radius 3 is 2.29 bits per heavy atom. The summed E-state index contributed by atoms with van der Waals surface area (Å²) in [6.45, 7) is 19.3. The second-order valence-electron chi connectivity index (χ2n) is 12.0. The summed E-state index contributed by atoms with van der Waals surface area (Å²) in [5.74, 6) is 4.54. The summed E-state index contributed by atoms with van der Waals surface area (Å²) in [6.07, 6.45) is 17.7. The summed E-state index contributed by atoms with van der Waals surface area (Å²) >= 11 is 0. The monoisotopic (exact) mass is 386 g/mol. The Morgan fingerprint density at radius 2 is 1.64 bits per heavy atom. The van der Waals surface area contributed by atoms with E-state index in [9.17, 15) is 0 Å². The van der Waals surface area contributed by atoms with E-state index < -0.39 is 0 Å². The Hall–Kier alpha value is -0.260. The highest BCUT2D eigenvalue weighted by molar-refractivity contribution is 5.27. The number of rotatable bonds is 3. The smallest absolute Gasteiger partial charge is 0.00814 e. The summed E-state index contributed by atoms with van der Waals surface area (Å²) in [7, 11) is 0. The standard InChI is InChI=1S/C26H44.C2H6/c1-7-9-19-10-14-26-15-11-22-24(4,5)12-8-13-25(22,6)23(26)16-20(19)21(17-26)18(2)3;1-2/h17-20,22-23H,7-16H2,1-6H3;1-2H3. The van der Waals surface area contributed by atoms with Gasteiger partial charge in [-0.3, -0.25) is 0 Å². The third kappa shape index (κ3) is 3.43. The van der Waals surface area contributed by atoms with Gasteiger partial charge in [-0.15, -0.1) is 0 Å². The maximum atomic E-state index is 2.91. The molecule has 6 unspecified atom stereocenters. The Morgan fingerprint density at radius 1 is 0.964 bits per heavy atom. The lowest BCUT2D eigenvalue weighted by atomic mass is 9.40. The maximum Gasteiger partial charge on any atom is -0.00814 e. The molecule has 3 fully saturated rings. The van der Waals surface area contributed by atoms with Crippen LogP contribution in [0, 0.1) is 45.8 Å².